The van der Waals surface area contributed by atoms with Crippen LogP contribution < -0.4 is 30.3 Å². The Kier molecular flexibility index (Phi) is 7.04. The fraction of sp³-hybridized carbons (Fsp3) is 0.480. The predicted octanol–water partition coefficient (Wildman–Crippen LogP) is 2.95. The first kappa shape index (κ1) is 24.0. The fourth-order valence-corrected chi connectivity index (χ4v) is 4.49. The van der Waals surface area contributed by atoms with Gasteiger partial charge in [0.05, 0.1) is 30.2 Å². The molecule has 2 heterocycles. The Morgan fingerprint density at radius 2 is 2.03 bits per heavy atom. The number of ether oxygens (including phenoxy) is 2. The van der Waals surface area contributed by atoms with Crippen molar-refractivity contribution in [2.75, 3.05) is 36.5 Å². The summed E-state index contributed by atoms with van der Waals surface area (Å²) < 4.78 is 11.1. The monoisotopic (exact) mass is 467 g/mol. The lowest BCUT2D eigenvalue weighted by Crippen LogP contribution is -2.52. The number of anilines is 2. The Balaban J connectivity index is 1.68. The Labute approximate surface area is 200 Å². The molecule has 9 heteroatoms. The van der Waals surface area contributed by atoms with Gasteiger partial charge >= 0.3 is 6.09 Å². The molecule has 1 aromatic heterocycles. The number of aromatic nitrogens is 1. The van der Waals surface area contributed by atoms with Crippen LogP contribution in [0.4, 0.5) is 16.2 Å². The Bertz CT molecular complexity index is 1070. The summed E-state index contributed by atoms with van der Waals surface area (Å²) >= 11 is 0. The van der Waals surface area contributed by atoms with Gasteiger partial charge in [0.1, 0.15) is 0 Å². The molecule has 3 N–H and O–H groups in total. The molecule has 0 spiro atoms. The standard InChI is InChI=1S/C25H33N5O4/c1-15-14-29(25(32)34-23-9-10-27-16(2)24(23)33-4)22-11-18(5-8-21(22)30(15)17(3)31)19(12-26)13-28-20-6-7-20/h5,8-11,15,19-20,28H,6-7,12-14,26H2,1-4H3/t15-,19?/m0/s1. The number of nitrogens with zero attached hydrogens (tertiary/aromatic N) is 3. The molecule has 9 nitrogen and oxygen atoms in total. The van der Waals surface area contributed by atoms with Crippen LogP contribution >= 0.6 is 0 Å². The molecule has 2 atom stereocenters. The number of hydrogen-bond acceptors (Lipinski definition) is 7. The van der Waals surface area contributed by atoms with Crippen LogP contribution in [0.1, 0.15) is 43.9 Å². The van der Waals surface area contributed by atoms with Gasteiger partial charge in [-0.1, -0.05) is 6.07 Å². The molecule has 1 aromatic carbocycles. The summed E-state index contributed by atoms with van der Waals surface area (Å²) in [6.07, 6.45) is 3.43. The van der Waals surface area contributed by atoms with Crippen molar-refractivity contribution in [2.45, 2.75) is 51.6 Å². The van der Waals surface area contributed by atoms with E-state index < -0.39 is 6.09 Å². The number of aryl methyl sites for hydroxylation is 1. The quantitative estimate of drug-likeness (QED) is 0.644. The third-order valence-corrected chi connectivity index (χ3v) is 6.43. The van der Waals surface area contributed by atoms with Crippen LogP contribution in [0.15, 0.2) is 30.5 Å². The maximum Gasteiger partial charge on any atom is 0.420 e. The molecule has 0 saturated heterocycles. The van der Waals surface area contributed by atoms with Crippen molar-refractivity contribution in [3.05, 3.63) is 41.7 Å². The van der Waals surface area contributed by atoms with Crippen LogP contribution in [0.3, 0.4) is 0 Å². The normalized spacial score (nSPS) is 18.3. The summed E-state index contributed by atoms with van der Waals surface area (Å²) in [6, 6.07) is 7.82. The van der Waals surface area contributed by atoms with Gasteiger partial charge in [-0.25, -0.2) is 4.79 Å². The average Bonchev–Trinajstić information content (AvgIpc) is 3.63. The van der Waals surface area contributed by atoms with Gasteiger partial charge in [0.2, 0.25) is 5.91 Å². The molecule has 2 aromatic rings. The molecule has 2 aliphatic rings. The first-order chi connectivity index (χ1) is 16.3. The van der Waals surface area contributed by atoms with Crippen LogP contribution in [-0.2, 0) is 4.79 Å². The van der Waals surface area contributed by atoms with Gasteiger partial charge in [-0.2, -0.15) is 0 Å². The Hall–Kier alpha value is -3.17. The second kappa shape index (κ2) is 9.99. The average molecular weight is 468 g/mol. The molecular weight excluding hydrogens is 434 g/mol. The SMILES string of the molecule is COc1c(OC(=O)N2C[C@H](C)N(C(C)=O)c3ccc(C(CN)CNC4CC4)cc32)ccnc1C. The summed E-state index contributed by atoms with van der Waals surface area (Å²) in [6.45, 7) is 6.78. The highest BCUT2D eigenvalue weighted by Crippen LogP contribution is 2.39. The molecule has 182 valence electrons. The number of benzene rings is 1. The first-order valence-corrected chi connectivity index (χ1v) is 11.7. The van der Waals surface area contributed by atoms with Crippen LogP contribution in [-0.4, -0.2) is 55.8 Å². The topological polar surface area (TPSA) is 110 Å². The van der Waals surface area contributed by atoms with E-state index in [9.17, 15) is 9.59 Å². The number of carbonyl (C=O) groups is 2. The molecule has 1 fully saturated rings. The van der Waals surface area contributed by atoms with E-state index in [0.29, 0.717) is 47.7 Å². The van der Waals surface area contributed by atoms with Gasteiger partial charge in [-0.05, 0) is 44.4 Å². The van der Waals surface area contributed by atoms with Crippen molar-refractivity contribution >= 4 is 23.4 Å². The number of hydrogen-bond donors (Lipinski definition) is 2. The highest BCUT2D eigenvalue weighted by molar-refractivity contribution is 6.02. The van der Waals surface area contributed by atoms with E-state index in [1.807, 2.05) is 25.1 Å². The van der Waals surface area contributed by atoms with Crippen LogP contribution in [0.25, 0.3) is 0 Å². The lowest BCUT2D eigenvalue weighted by molar-refractivity contribution is -0.117. The minimum absolute atomic E-state index is 0.0771. The zero-order chi connectivity index (χ0) is 24.4. The summed E-state index contributed by atoms with van der Waals surface area (Å²) in [5.74, 6) is 0.728. The molecule has 2 amide bonds. The number of methoxy groups -OCH3 is 1. The number of amides is 2. The number of carbonyl (C=O) groups excluding carboxylic acids is 2. The van der Waals surface area contributed by atoms with E-state index in [1.165, 1.54) is 26.9 Å². The van der Waals surface area contributed by atoms with Gasteiger partial charge in [0.15, 0.2) is 11.5 Å². The number of pyridine rings is 1. The number of rotatable bonds is 7. The maximum absolute atomic E-state index is 13.4. The predicted molar refractivity (Wildman–Crippen MR) is 131 cm³/mol. The molecule has 34 heavy (non-hydrogen) atoms. The van der Waals surface area contributed by atoms with Gasteiger partial charge in [-0.15, -0.1) is 0 Å². The second-order valence-corrected chi connectivity index (χ2v) is 9.01. The lowest BCUT2D eigenvalue weighted by Gasteiger charge is -2.40. The van der Waals surface area contributed by atoms with Crippen molar-refractivity contribution in [1.82, 2.24) is 10.3 Å². The van der Waals surface area contributed by atoms with Crippen molar-refractivity contribution in [1.29, 1.82) is 0 Å². The van der Waals surface area contributed by atoms with E-state index in [2.05, 4.69) is 10.3 Å². The van der Waals surface area contributed by atoms with Crippen molar-refractivity contribution < 1.29 is 19.1 Å². The summed E-state index contributed by atoms with van der Waals surface area (Å²) in [5, 5.41) is 3.54. The lowest BCUT2D eigenvalue weighted by atomic mass is 9.96. The van der Waals surface area contributed by atoms with Gasteiger partial charge < -0.3 is 25.4 Å². The molecule has 0 bridgehead atoms. The summed E-state index contributed by atoms with van der Waals surface area (Å²) in [7, 11) is 1.51. The van der Waals surface area contributed by atoms with Crippen molar-refractivity contribution in [2.24, 2.45) is 5.73 Å². The van der Waals surface area contributed by atoms with E-state index in [1.54, 1.807) is 29.0 Å². The van der Waals surface area contributed by atoms with Gasteiger partial charge in [-0.3, -0.25) is 14.7 Å². The smallest absolute Gasteiger partial charge is 0.420 e. The van der Waals surface area contributed by atoms with E-state index >= 15 is 0 Å². The molecule has 1 unspecified atom stereocenters. The Morgan fingerprint density at radius 1 is 1.26 bits per heavy atom. The Morgan fingerprint density at radius 3 is 2.68 bits per heavy atom. The third kappa shape index (κ3) is 4.85. The first-order valence-electron chi connectivity index (χ1n) is 11.7. The zero-order valence-electron chi connectivity index (χ0n) is 20.2. The molecule has 4 rings (SSSR count). The largest absolute Gasteiger partial charge is 0.491 e. The van der Waals surface area contributed by atoms with E-state index in [4.69, 9.17) is 15.2 Å². The highest BCUT2D eigenvalue weighted by atomic mass is 16.6. The zero-order valence-corrected chi connectivity index (χ0v) is 20.2. The van der Waals surface area contributed by atoms with E-state index in [-0.39, 0.29) is 17.9 Å². The van der Waals surface area contributed by atoms with Crippen LogP contribution in [0.2, 0.25) is 0 Å². The number of nitrogens with one attached hydrogen (secondary N) is 1. The van der Waals surface area contributed by atoms with E-state index in [0.717, 1.165) is 12.1 Å². The van der Waals surface area contributed by atoms with Crippen LogP contribution in [0, 0.1) is 6.92 Å². The number of nitrogens with two attached hydrogens (primary N) is 1. The van der Waals surface area contributed by atoms with Gasteiger partial charge in [0, 0.05) is 50.8 Å². The minimum Gasteiger partial charge on any atom is -0.491 e. The third-order valence-electron chi connectivity index (χ3n) is 6.43. The maximum atomic E-state index is 13.4. The van der Waals surface area contributed by atoms with Crippen LogP contribution in [0.5, 0.6) is 11.5 Å². The fourth-order valence-electron chi connectivity index (χ4n) is 4.49. The van der Waals surface area contributed by atoms with Crippen molar-refractivity contribution in [3.63, 3.8) is 0 Å². The van der Waals surface area contributed by atoms with Crippen molar-refractivity contribution in [3.8, 4) is 11.5 Å². The molecule has 1 aliphatic heterocycles. The molecule has 1 saturated carbocycles. The highest BCUT2D eigenvalue weighted by Gasteiger charge is 2.35. The minimum atomic E-state index is -0.544. The summed E-state index contributed by atoms with van der Waals surface area (Å²) in [5.41, 5.74) is 9.05. The molecule has 0 radical (unpaired) electrons. The second-order valence-electron chi connectivity index (χ2n) is 9.01. The summed E-state index contributed by atoms with van der Waals surface area (Å²) in [4.78, 5) is 33.3. The molecule has 1 aliphatic carbocycles. The number of fused-ring (bicyclic) bond motifs is 1. The molecular formula is C25H33N5O4. The van der Waals surface area contributed by atoms with Gasteiger partial charge in [0.25, 0.3) is 0 Å².